The van der Waals surface area contributed by atoms with E-state index in [9.17, 15) is 5.11 Å². The standard InChI is InChI=1S/C13H11ClN4OS/c14-12-10-13(16-5-15-12)18(6-17-10)9-3-7(4-19)11-8(9)1-2-20-11/h1-2,5-7,9,19H,3-4H2/t7-,9?/m1/s1. The highest BCUT2D eigenvalue weighted by atomic mass is 35.5. The van der Waals surface area contributed by atoms with Crippen LogP contribution in [0.25, 0.3) is 11.2 Å². The van der Waals surface area contributed by atoms with Crippen molar-refractivity contribution in [2.24, 2.45) is 0 Å². The molecule has 7 heteroatoms. The number of aromatic nitrogens is 4. The third-order valence-corrected chi connectivity index (χ3v) is 5.21. The zero-order valence-corrected chi connectivity index (χ0v) is 12.0. The second kappa shape index (κ2) is 4.51. The molecule has 0 aliphatic heterocycles. The van der Waals surface area contributed by atoms with Crippen LogP contribution in [-0.4, -0.2) is 31.2 Å². The molecule has 0 saturated carbocycles. The van der Waals surface area contributed by atoms with Crippen LogP contribution < -0.4 is 0 Å². The van der Waals surface area contributed by atoms with E-state index in [1.165, 1.54) is 16.8 Å². The van der Waals surface area contributed by atoms with Crippen molar-refractivity contribution in [1.82, 2.24) is 19.5 Å². The minimum Gasteiger partial charge on any atom is -0.396 e. The number of hydrogen-bond donors (Lipinski definition) is 1. The SMILES string of the molecule is OC[C@H]1CC(n2cnc3c(Cl)ncnc32)c2ccsc21. The first-order valence-electron chi connectivity index (χ1n) is 6.30. The summed E-state index contributed by atoms with van der Waals surface area (Å²) in [5.74, 6) is 0.199. The molecule has 0 spiro atoms. The highest BCUT2D eigenvalue weighted by molar-refractivity contribution is 7.10. The van der Waals surface area contributed by atoms with E-state index in [1.54, 1.807) is 17.7 Å². The summed E-state index contributed by atoms with van der Waals surface area (Å²) in [4.78, 5) is 13.8. The van der Waals surface area contributed by atoms with Crippen LogP contribution in [0.4, 0.5) is 0 Å². The normalized spacial score (nSPS) is 21.5. The molecule has 1 aliphatic rings. The van der Waals surface area contributed by atoms with Gasteiger partial charge in [-0.15, -0.1) is 11.3 Å². The fourth-order valence-corrected chi connectivity index (χ4v) is 4.16. The van der Waals surface area contributed by atoms with E-state index in [-0.39, 0.29) is 18.6 Å². The van der Waals surface area contributed by atoms with Crippen molar-refractivity contribution >= 4 is 34.1 Å². The Balaban J connectivity index is 1.87. The molecule has 1 N–H and O–H groups in total. The lowest BCUT2D eigenvalue weighted by Crippen LogP contribution is -2.08. The second-order valence-electron chi connectivity index (χ2n) is 4.86. The lowest BCUT2D eigenvalue weighted by molar-refractivity contribution is 0.260. The van der Waals surface area contributed by atoms with Gasteiger partial charge in [0.05, 0.1) is 19.0 Å². The molecule has 0 bridgehead atoms. The van der Waals surface area contributed by atoms with E-state index in [1.807, 2.05) is 4.57 Å². The Morgan fingerprint density at radius 2 is 2.30 bits per heavy atom. The van der Waals surface area contributed by atoms with Gasteiger partial charge in [-0.1, -0.05) is 11.6 Å². The maximum absolute atomic E-state index is 9.54. The Kier molecular flexibility index (Phi) is 2.76. The summed E-state index contributed by atoms with van der Waals surface area (Å²) in [6.07, 6.45) is 4.08. The molecule has 0 radical (unpaired) electrons. The van der Waals surface area contributed by atoms with Crippen LogP contribution in [0.1, 0.15) is 28.8 Å². The minimum atomic E-state index is 0.157. The van der Waals surface area contributed by atoms with Gasteiger partial charge in [-0.25, -0.2) is 15.0 Å². The van der Waals surface area contributed by atoms with Crippen LogP contribution in [0, 0.1) is 0 Å². The molecule has 0 saturated heterocycles. The second-order valence-corrected chi connectivity index (χ2v) is 6.17. The maximum Gasteiger partial charge on any atom is 0.165 e. The molecular formula is C13H11ClN4OS. The molecule has 102 valence electrons. The zero-order chi connectivity index (χ0) is 13.7. The molecule has 1 unspecified atom stereocenters. The Morgan fingerprint density at radius 3 is 3.15 bits per heavy atom. The van der Waals surface area contributed by atoms with E-state index in [4.69, 9.17) is 11.6 Å². The number of hydrogen-bond acceptors (Lipinski definition) is 5. The Bertz CT molecular complexity index is 784. The van der Waals surface area contributed by atoms with Gasteiger partial charge < -0.3 is 9.67 Å². The topological polar surface area (TPSA) is 63.8 Å². The number of rotatable bonds is 2. The summed E-state index contributed by atoms with van der Waals surface area (Å²) in [5, 5.41) is 12.0. The molecule has 2 atom stereocenters. The average Bonchev–Trinajstić information content (AvgIpc) is 3.12. The Morgan fingerprint density at radius 1 is 1.40 bits per heavy atom. The van der Waals surface area contributed by atoms with Crippen molar-refractivity contribution in [3.8, 4) is 0 Å². The number of aliphatic hydroxyl groups excluding tert-OH is 1. The molecular weight excluding hydrogens is 296 g/mol. The molecule has 5 nitrogen and oxygen atoms in total. The number of thiophene rings is 1. The average molecular weight is 307 g/mol. The van der Waals surface area contributed by atoms with Crippen LogP contribution in [0.15, 0.2) is 24.1 Å². The summed E-state index contributed by atoms with van der Waals surface area (Å²) >= 11 is 7.75. The van der Waals surface area contributed by atoms with Gasteiger partial charge in [0.2, 0.25) is 0 Å². The fourth-order valence-electron chi connectivity index (χ4n) is 2.91. The van der Waals surface area contributed by atoms with Crippen LogP contribution in [-0.2, 0) is 0 Å². The minimum absolute atomic E-state index is 0.157. The number of aliphatic hydroxyl groups is 1. The number of fused-ring (bicyclic) bond motifs is 2. The number of nitrogens with zero attached hydrogens (tertiary/aromatic N) is 4. The lowest BCUT2D eigenvalue weighted by Gasteiger charge is -2.13. The summed E-state index contributed by atoms with van der Waals surface area (Å²) in [7, 11) is 0. The molecule has 0 fully saturated rings. The first kappa shape index (κ1) is 12.3. The molecule has 3 heterocycles. The van der Waals surface area contributed by atoms with Crippen molar-refractivity contribution in [3.63, 3.8) is 0 Å². The number of halogens is 1. The summed E-state index contributed by atoms with van der Waals surface area (Å²) in [6.45, 7) is 0.173. The Labute approximate surface area is 123 Å². The van der Waals surface area contributed by atoms with E-state index in [0.717, 1.165) is 12.1 Å². The monoisotopic (exact) mass is 306 g/mol. The summed E-state index contributed by atoms with van der Waals surface area (Å²) in [5.41, 5.74) is 2.62. The van der Waals surface area contributed by atoms with Crippen LogP contribution in [0.2, 0.25) is 5.15 Å². The van der Waals surface area contributed by atoms with Gasteiger partial charge in [0.15, 0.2) is 10.8 Å². The quantitative estimate of drug-likeness (QED) is 0.739. The van der Waals surface area contributed by atoms with Crippen molar-refractivity contribution in [2.75, 3.05) is 6.61 Å². The molecule has 0 aromatic carbocycles. The Hall–Kier alpha value is -1.50. The molecule has 0 amide bonds. The first-order chi connectivity index (χ1) is 9.79. The smallest absolute Gasteiger partial charge is 0.165 e. The van der Waals surface area contributed by atoms with Crippen molar-refractivity contribution in [2.45, 2.75) is 18.4 Å². The molecule has 4 rings (SSSR count). The lowest BCUT2D eigenvalue weighted by atomic mass is 10.1. The van der Waals surface area contributed by atoms with Crippen LogP contribution in [0.3, 0.4) is 0 Å². The molecule has 3 aromatic heterocycles. The summed E-state index contributed by atoms with van der Waals surface area (Å²) < 4.78 is 2.03. The third kappa shape index (κ3) is 1.62. The molecule has 1 aliphatic carbocycles. The van der Waals surface area contributed by atoms with Gasteiger partial charge >= 0.3 is 0 Å². The molecule has 20 heavy (non-hydrogen) atoms. The van der Waals surface area contributed by atoms with Gasteiger partial charge in [-0.3, -0.25) is 0 Å². The zero-order valence-electron chi connectivity index (χ0n) is 10.4. The van der Waals surface area contributed by atoms with E-state index in [0.29, 0.717) is 10.7 Å². The highest BCUT2D eigenvalue weighted by Crippen LogP contribution is 2.45. The predicted octanol–water partition coefficient (Wildman–Crippen LogP) is 2.61. The third-order valence-electron chi connectivity index (χ3n) is 3.83. The van der Waals surface area contributed by atoms with Gasteiger partial charge in [0.25, 0.3) is 0 Å². The maximum atomic E-state index is 9.54. The number of imidazole rings is 1. The highest BCUT2D eigenvalue weighted by Gasteiger charge is 2.33. The van der Waals surface area contributed by atoms with Crippen LogP contribution in [0.5, 0.6) is 0 Å². The first-order valence-corrected chi connectivity index (χ1v) is 7.56. The van der Waals surface area contributed by atoms with Crippen LogP contribution >= 0.6 is 22.9 Å². The van der Waals surface area contributed by atoms with Gasteiger partial charge in [0, 0.05) is 10.8 Å². The van der Waals surface area contributed by atoms with Crippen molar-refractivity contribution in [3.05, 3.63) is 39.7 Å². The molecule has 3 aromatic rings. The fraction of sp³-hybridized carbons (Fsp3) is 0.308. The largest absolute Gasteiger partial charge is 0.396 e. The van der Waals surface area contributed by atoms with Crippen molar-refractivity contribution < 1.29 is 5.11 Å². The van der Waals surface area contributed by atoms with E-state index < -0.39 is 0 Å². The van der Waals surface area contributed by atoms with Gasteiger partial charge in [0.1, 0.15) is 11.8 Å². The summed E-state index contributed by atoms with van der Waals surface area (Å²) in [6, 6.07) is 2.28. The van der Waals surface area contributed by atoms with Crippen molar-refractivity contribution in [1.29, 1.82) is 0 Å². The van der Waals surface area contributed by atoms with E-state index in [2.05, 4.69) is 26.4 Å². The van der Waals surface area contributed by atoms with E-state index >= 15 is 0 Å². The van der Waals surface area contributed by atoms with Gasteiger partial charge in [-0.2, -0.15) is 0 Å². The predicted molar refractivity (Wildman–Crippen MR) is 77.2 cm³/mol. The van der Waals surface area contributed by atoms with Gasteiger partial charge in [-0.05, 0) is 23.4 Å².